The molecule has 0 saturated carbocycles. The first kappa shape index (κ1) is 14.0. The Morgan fingerprint density at radius 3 is 3.05 bits per heavy atom. The number of anilines is 1. The molecule has 1 amide bonds. The predicted molar refractivity (Wildman–Crippen MR) is 80.5 cm³/mol. The zero-order valence-corrected chi connectivity index (χ0v) is 12.1. The number of thiazole rings is 1. The fourth-order valence-corrected chi connectivity index (χ4v) is 2.77. The lowest BCUT2D eigenvalue weighted by Gasteiger charge is -2.11. The molecule has 0 spiro atoms. The second kappa shape index (κ2) is 6.12. The number of unbranched alkanes of at least 4 members (excludes halogenated alkanes) is 1. The summed E-state index contributed by atoms with van der Waals surface area (Å²) in [5.74, 6) is -0.117. The van der Waals surface area contributed by atoms with E-state index in [1.54, 1.807) is 11.3 Å². The smallest absolute Gasteiger partial charge is 0.241 e. The molecular formula is C14H19N3OS. The van der Waals surface area contributed by atoms with Crippen LogP contribution in [0, 0.1) is 6.92 Å². The monoisotopic (exact) mass is 277 g/mol. The number of nitrogens with two attached hydrogens (primary N) is 1. The van der Waals surface area contributed by atoms with E-state index in [0.717, 1.165) is 40.2 Å². The van der Waals surface area contributed by atoms with Crippen LogP contribution in [0.5, 0.6) is 0 Å². The number of benzene rings is 1. The summed E-state index contributed by atoms with van der Waals surface area (Å²) in [7, 11) is 0. The predicted octanol–water partition coefficient (Wildman–Crippen LogP) is 3.06. The van der Waals surface area contributed by atoms with Gasteiger partial charge in [0, 0.05) is 5.69 Å². The normalized spacial score (nSPS) is 12.6. The van der Waals surface area contributed by atoms with Crippen LogP contribution in [-0.2, 0) is 4.79 Å². The van der Waals surface area contributed by atoms with E-state index in [1.165, 1.54) is 0 Å². The minimum Gasteiger partial charge on any atom is -0.325 e. The molecule has 0 unspecified atom stereocenters. The maximum atomic E-state index is 11.9. The second-order valence-electron chi connectivity index (χ2n) is 4.65. The van der Waals surface area contributed by atoms with Crippen molar-refractivity contribution in [3.63, 3.8) is 0 Å². The van der Waals surface area contributed by atoms with Crippen molar-refractivity contribution < 1.29 is 4.79 Å². The minimum absolute atomic E-state index is 0.117. The molecule has 1 atom stereocenters. The van der Waals surface area contributed by atoms with Gasteiger partial charge in [-0.05, 0) is 31.5 Å². The molecule has 2 rings (SSSR count). The van der Waals surface area contributed by atoms with Crippen molar-refractivity contribution in [2.24, 2.45) is 5.73 Å². The highest BCUT2D eigenvalue weighted by molar-refractivity contribution is 7.18. The Kier molecular flexibility index (Phi) is 4.50. The molecule has 0 bridgehead atoms. The number of aryl methyl sites for hydroxylation is 1. The molecule has 0 radical (unpaired) electrons. The maximum absolute atomic E-state index is 11.9. The van der Waals surface area contributed by atoms with E-state index in [2.05, 4.69) is 17.2 Å². The number of carbonyl (C=O) groups excluding carboxylic acids is 1. The lowest BCUT2D eigenvalue weighted by molar-refractivity contribution is -0.117. The number of fused-ring (bicyclic) bond motifs is 1. The van der Waals surface area contributed by atoms with Crippen LogP contribution >= 0.6 is 11.3 Å². The van der Waals surface area contributed by atoms with Crippen molar-refractivity contribution in [1.29, 1.82) is 0 Å². The first-order valence-corrected chi connectivity index (χ1v) is 7.35. The highest BCUT2D eigenvalue weighted by Crippen LogP contribution is 2.24. The van der Waals surface area contributed by atoms with Gasteiger partial charge in [0.1, 0.15) is 0 Å². The standard InChI is InChI=1S/C14H19N3OS/c1-3-4-5-11(15)14(18)17-10-6-7-12-13(8-10)19-9(2)16-12/h6-8,11H,3-5,15H2,1-2H3,(H,17,18)/t11-/m0/s1. The molecule has 3 N–H and O–H groups in total. The number of aromatic nitrogens is 1. The molecule has 19 heavy (non-hydrogen) atoms. The Morgan fingerprint density at radius 2 is 2.32 bits per heavy atom. The Labute approximate surface area is 117 Å². The first-order valence-electron chi connectivity index (χ1n) is 6.53. The number of rotatable bonds is 5. The lowest BCUT2D eigenvalue weighted by Crippen LogP contribution is -2.35. The van der Waals surface area contributed by atoms with Crippen molar-refractivity contribution in [3.05, 3.63) is 23.2 Å². The molecular weight excluding hydrogens is 258 g/mol. The van der Waals surface area contributed by atoms with Crippen molar-refractivity contribution in [1.82, 2.24) is 4.98 Å². The van der Waals surface area contributed by atoms with Crippen LogP contribution in [0.4, 0.5) is 5.69 Å². The quantitative estimate of drug-likeness (QED) is 0.882. The molecule has 0 aliphatic rings. The van der Waals surface area contributed by atoms with Gasteiger partial charge in [0.2, 0.25) is 5.91 Å². The summed E-state index contributed by atoms with van der Waals surface area (Å²) in [6, 6.07) is 5.31. The van der Waals surface area contributed by atoms with E-state index < -0.39 is 6.04 Å². The number of amides is 1. The first-order chi connectivity index (χ1) is 9.10. The molecule has 0 aliphatic carbocycles. The third-order valence-corrected chi connectivity index (χ3v) is 3.90. The topological polar surface area (TPSA) is 68.0 Å². The summed E-state index contributed by atoms with van der Waals surface area (Å²) < 4.78 is 1.08. The van der Waals surface area contributed by atoms with Gasteiger partial charge in [-0.15, -0.1) is 11.3 Å². The third-order valence-electron chi connectivity index (χ3n) is 2.97. The van der Waals surface area contributed by atoms with Gasteiger partial charge >= 0.3 is 0 Å². The molecule has 1 aromatic heterocycles. The largest absolute Gasteiger partial charge is 0.325 e. The molecule has 0 fully saturated rings. The van der Waals surface area contributed by atoms with Gasteiger partial charge in [-0.2, -0.15) is 0 Å². The van der Waals surface area contributed by atoms with Gasteiger partial charge in [0.05, 0.1) is 21.3 Å². The van der Waals surface area contributed by atoms with Gasteiger partial charge in [-0.3, -0.25) is 4.79 Å². The minimum atomic E-state index is -0.432. The van der Waals surface area contributed by atoms with Crippen molar-refractivity contribution in [2.75, 3.05) is 5.32 Å². The average molecular weight is 277 g/mol. The van der Waals surface area contributed by atoms with Gasteiger partial charge in [0.25, 0.3) is 0 Å². The third kappa shape index (κ3) is 3.52. The van der Waals surface area contributed by atoms with Crippen LogP contribution in [0.3, 0.4) is 0 Å². The highest BCUT2D eigenvalue weighted by atomic mass is 32.1. The highest BCUT2D eigenvalue weighted by Gasteiger charge is 2.13. The van der Waals surface area contributed by atoms with Crippen LogP contribution < -0.4 is 11.1 Å². The Hall–Kier alpha value is -1.46. The summed E-state index contributed by atoms with van der Waals surface area (Å²) in [4.78, 5) is 16.3. The summed E-state index contributed by atoms with van der Waals surface area (Å²) in [5, 5.41) is 3.89. The number of nitrogens with one attached hydrogen (secondary N) is 1. The van der Waals surface area contributed by atoms with Crippen LogP contribution in [0.1, 0.15) is 31.2 Å². The lowest BCUT2D eigenvalue weighted by atomic mass is 10.1. The van der Waals surface area contributed by atoms with E-state index in [0.29, 0.717) is 0 Å². The van der Waals surface area contributed by atoms with Gasteiger partial charge in [0.15, 0.2) is 0 Å². The van der Waals surface area contributed by atoms with E-state index >= 15 is 0 Å². The fraction of sp³-hybridized carbons (Fsp3) is 0.429. The van der Waals surface area contributed by atoms with Crippen LogP contribution in [0.25, 0.3) is 10.2 Å². The molecule has 1 heterocycles. The van der Waals surface area contributed by atoms with E-state index in [4.69, 9.17) is 5.73 Å². The Bertz CT molecular complexity index is 579. The fourth-order valence-electron chi connectivity index (χ4n) is 1.91. The van der Waals surface area contributed by atoms with E-state index in [-0.39, 0.29) is 5.91 Å². The molecule has 0 saturated heterocycles. The maximum Gasteiger partial charge on any atom is 0.241 e. The zero-order valence-electron chi connectivity index (χ0n) is 11.3. The van der Waals surface area contributed by atoms with E-state index in [1.807, 2.05) is 25.1 Å². The van der Waals surface area contributed by atoms with Gasteiger partial charge in [-0.25, -0.2) is 4.98 Å². The Morgan fingerprint density at radius 1 is 1.53 bits per heavy atom. The van der Waals surface area contributed by atoms with Crippen molar-refractivity contribution >= 4 is 33.1 Å². The van der Waals surface area contributed by atoms with Gasteiger partial charge < -0.3 is 11.1 Å². The molecule has 2 aromatic rings. The Balaban J connectivity index is 2.06. The number of hydrogen-bond donors (Lipinski definition) is 2. The molecule has 5 heteroatoms. The summed E-state index contributed by atoms with van der Waals surface area (Å²) in [6.07, 6.45) is 2.75. The van der Waals surface area contributed by atoms with Crippen LogP contribution in [0.2, 0.25) is 0 Å². The van der Waals surface area contributed by atoms with Crippen LogP contribution in [0.15, 0.2) is 18.2 Å². The number of carbonyl (C=O) groups is 1. The number of nitrogens with zero attached hydrogens (tertiary/aromatic N) is 1. The molecule has 102 valence electrons. The second-order valence-corrected chi connectivity index (χ2v) is 5.89. The molecule has 4 nitrogen and oxygen atoms in total. The summed E-state index contributed by atoms with van der Waals surface area (Å²) >= 11 is 1.62. The zero-order chi connectivity index (χ0) is 13.8. The average Bonchev–Trinajstić information content (AvgIpc) is 2.75. The van der Waals surface area contributed by atoms with Gasteiger partial charge in [-0.1, -0.05) is 19.8 Å². The summed E-state index contributed by atoms with van der Waals surface area (Å²) in [6.45, 7) is 4.06. The molecule has 1 aromatic carbocycles. The summed E-state index contributed by atoms with van der Waals surface area (Å²) in [5.41, 5.74) is 7.60. The van der Waals surface area contributed by atoms with Crippen molar-refractivity contribution in [3.8, 4) is 0 Å². The number of hydrogen-bond acceptors (Lipinski definition) is 4. The van der Waals surface area contributed by atoms with Crippen LogP contribution in [-0.4, -0.2) is 16.9 Å². The molecule has 0 aliphatic heterocycles. The van der Waals surface area contributed by atoms with Crippen molar-refractivity contribution in [2.45, 2.75) is 39.2 Å². The SMILES string of the molecule is CCCC[C@H](N)C(=O)Nc1ccc2nc(C)sc2c1. The van der Waals surface area contributed by atoms with E-state index in [9.17, 15) is 4.79 Å².